The fraction of sp³-hybridized carbons (Fsp3) is 0.300. The van der Waals surface area contributed by atoms with Crippen molar-refractivity contribution in [2.24, 2.45) is 0 Å². The van der Waals surface area contributed by atoms with Crippen molar-refractivity contribution in [2.75, 3.05) is 0 Å². The molecule has 0 amide bonds. The minimum atomic E-state index is -2.92. The number of halogens is 3. The zero-order chi connectivity index (χ0) is 12.3. The van der Waals surface area contributed by atoms with E-state index in [1.165, 1.54) is 19.1 Å². The average molecular weight is 295 g/mol. The lowest BCUT2D eigenvalue weighted by Crippen LogP contribution is -2.07. The molecule has 0 saturated carbocycles. The molecular weight excluding hydrogens is 286 g/mol. The number of ether oxygens (including phenoxy) is 1. The van der Waals surface area contributed by atoms with Crippen molar-refractivity contribution in [2.45, 2.75) is 18.9 Å². The number of rotatable bonds is 4. The summed E-state index contributed by atoms with van der Waals surface area (Å²) in [6.45, 7) is -1.40. The molecule has 0 radical (unpaired) electrons. The molecule has 88 valence electrons. The van der Waals surface area contributed by atoms with Gasteiger partial charge in [-0.15, -0.1) is 0 Å². The van der Waals surface area contributed by atoms with E-state index in [4.69, 9.17) is 5.11 Å². The number of hydrogen-bond acceptors (Lipinski definition) is 2. The van der Waals surface area contributed by atoms with Crippen LogP contribution < -0.4 is 4.74 Å². The molecule has 1 N–H and O–H groups in total. The Morgan fingerprint density at radius 3 is 2.62 bits per heavy atom. The summed E-state index contributed by atoms with van der Waals surface area (Å²) in [5.41, 5.74) is 0.840. The zero-order valence-electron chi connectivity index (χ0n) is 8.34. The van der Waals surface area contributed by atoms with E-state index in [1.54, 1.807) is 0 Å². The summed E-state index contributed by atoms with van der Waals surface area (Å²) < 4.78 is 28.4. The molecule has 1 rings (SSSR count). The third-order valence-corrected chi connectivity index (χ3v) is 2.60. The van der Waals surface area contributed by atoms with E-state index >= 15 is 0 Å². The Hall–Kier alpha value is -1.17. The van der Waals surface area contributed by atoms with Crippen LogP contribution in [0.3, 0.4) is 0 Å². The van der Waals surface area contributed by atoms with E-state index in [-0.39, 0.29) is 16.6 Å². The predicted octanol–water partition coefficient (Wildman–Crippen LogP) is 3.19. The maximum absolute atomic E-state index is 12.0. The van der Waals surface area contributed by atoms with Gasteiger partial charge in [0.1, 0.15) is 5.75 Å². The first-order chi connectivity index (χ1) is 7.45. The number of hydrogen-bond donors (Lipinski definition) is 1. The lowest BCUT2D eigenvalue weighted by atomic mass is 10.0. The second kappa shape index (κ2) is 5.25. The van der Waals surface area contributed by atoms with Crippen molar-refractivity contribution in [3.05, 3.63) is 28.8 Å². The van der Waals surface area contributed by atoms with E-state index in [9.17, 15) is 13.6 Å². The van der Waals surface area contributed by atoms with Crippen LogP contribution in [-0.4, -0.2) is 17.7 Å². The van der Waals surface area contributed by atoms with Crippen LogP contribution in [-0.2, 0) is 5.33 Å². The van der Waals surface area contributed by atoms with Crippen LogP contribution in [0.1, 0.15) is 21.5 Å². The summed E-state index contributed by atoms with van der Waals surface area (Å²) in [5.74, 6) is -1.10. The second-order valence-corrected chi connectivity index (χ2v) is 3.65. The molecule has 0 aromatic heterocycles. The first kappa shape index (κ1) is 12.9. The zero-order valence-corrected chi connectivity index (χ0v) is 9.92. The van der Waals surface area contributed by atoms with Crippen LogP contribution >= 0.6 is 15.9 Å². The van der Waals surface area contributed by atoms with Gasteiger partial charge in [-0.25, -0.2) is 4.79 Å². The average Bonchev–Trinajstić information content (AvgIpc) is 2.19. The van der Waals surface area contributed by atoms with Gasteiger partial charge in [-0.1, -0.05) is 15.9 Å². The predicted molar refractivity (Wildman–Crippen MR) is 57.4 cm³/mol. The van der Waals surface area contributed by atoms with Gasteiger partial charge in [0, 0.05) is 5.33 Å². The Balaban J connectivity index is 3.20. The fourth-order valence-electron chi connectivity index (χ4n) is 1.26. The normalized spacial score (nSPS) is 10.6. The molecule has 0 saturated heterocycles. The largest absolute Gasteiger partial charge is 0.478 e. The Labute approximate surface area is 99.2 Å². The van der Waals surface area contributed by atoms with E-state index in [1.807, 2.05) is 0 Å². The van der Waals surface area contributed by atoms with Crippen LogP contribution in [0.15, 0.2) is 12.1 Å². The van der Waals surface area contributed by atoms with Crippen molar-refractivity contribution >= 4 is 21.9 Å². The lowest BCUT2D eigenvalue weighted by Gasteiger charge is -2.11. The molecule has 0 aliphatic carbocycles. The van der Waals surface area contributed by atoms with Gasteiger partial charge >= 0.3 is 12.6 Å². The lowest BCUT2D eigenvalue weighted by molar-refractivity contribution is -0.0503. The summed E-state index contributed by atoms with van der Waals surface area (Å²) in [4.78, 5) is 10.9. The maximum atomic E-state index is 12.0. The molecule has 0 aliphatic heterocycles. The highest BCUT2D eigenvalue weighted by atomic mass is 79.9. The Morgan fingerprint density at radius 1 is 1.56 bits per heavy atom. The van der Waals surface area contributed by atoms with Crippen molar-refractivity contribution in [1.29, 1.82) is 0 Å². The number of carboxylic acid groups (broad SMARTS) is 1. The first-order valence-corrected chi connectivity index (χ1v) is 5.45. The quantitative estimate of drug-likeness (QED) is 0.868. The highest BCUT2D eigenvalue weighted by Crippen LogP contribution is 2.26. The molecule has 0 fully saturated rings. The third-order valence-electron chi connectivity index (χ3n) is 1.99. The Kier molecular flexibility index (Phi) is 4.23. The number of carboxylic acids is 1. The summed E-state index contributed by atoms with van der Waals surface area (Å²) >= 11 is 3.10. The van der Waals surface area contributed by atoms with Gasteiger partial charge in [-0.05, 0) is 30.2 Å². The molecule has 0 atom stereocenters. The van der Waals surface area contributed by atoms with Gasteiger partial charge in [-0.3, -0.25) is 0 Å². The molecule has 16 heavy (non-hydrogen) atoms. The highest BCUT2D eigenvalue weighted by molar-refractivity contribution is 9.08. The van der Waals surface area contributed by atoms with E-state index in [2.05, 4.69) is 20.7 Å². The van der Waals surface area contributed by atoms with Crippen molar-refractivity contribution < 1.29 is 23.4 Å². The van der Waals surface area contributed by atoms with Crippen LogP contribution in [0.2, 0.25) is 0 Å². The molecule has 3 nitrogen and oxygen atoms in total. The second-order valence-electron chi connectivity index (χ2n) is 3.09. The number of carbonyl (C=O) groups is 1. The third kappa shape index (κ3) is 2.91. The number of aryl methyl sites for hydroxylation is 1. The monoisotopic (exact) mass is 294 g/mol. The number of benzene rings is 1. The molecule has 0 aliphatic rings. The Morgan fingerprint density at radius 2 is 2.19 bits per heavy atom. The van der Waals surface area contributed by atoms with Gasteiger partial charge in [0.2, 0.25) is 0 Å². The number of aromatic carboxylic acids is 1. The SMILES string of the molecule is Cc1cc(C(=O)O)c(CBr)cc1OC(F)F. The summed E-state index contributed by atoms with van der Waals surface area (Å²) in [6, 6.07) is 2.62. The summed E-state index contributed by atoms with van der Waals surface area (Å²) in [5, 5.41) is 9.14. The van der Waals surface area contributed by atoms with Gasteiger partial charge in [0.05, 0.1) is 5.56 Å². The van der Waals surface area contributed by atoms with Crippen molar-refractivity contribution in [3.8, 4) is 5.75 Å². The minimum absolute atomic E-state index is 0.00514. The van der Waals surface area contributed by atoms with Gasteiger partial charge in [0.15, 0.2) is 0 Å². The van der Waals surface area contributed by atoms with Crippen LogP contribution in [0, 0.1) is 6.92 Å². The van der Waals surface area contributed by atoms with Gasteiger partial charge in [-0.2, -0.15) is 8.78 Å². The maximum Gasteiger partial charge on any atom is 0.387 e. The molecule has 6 heteroatoms. The molecule has 1 aromatic rings. The molecule has 0 heterocycles. The molecule has 0 spiro atoms. The molecule has 1 aromatic carbocycles. The van der Waals surface area contributed by atoms with E-state index in [0.29, 0.717) is 11.1 Å². The van der Waals surface area contributed by atoms with E-state index < -0.39 is 12.6 Å². The molecule has 0 bridgehead atoms. The van der Waals surface area contributed by atoms with Crippen LogP contribution in [0.4, 0.5) is 8.78 Å². The smallest absolute Gasteiger partial charge is 0.387 e. The minimum Gasteiger partial charge on any atom is -0.478 e. The number of alkyl halides is 3. The topological polar surface area (TPSA) is 46.5 Å². The summed E-state index contributed by atoms with van der Waals surface area (Å²) in [7, 11) is 0. The van der Waals surface area contributed by atoms with Crippen LogP contribution in [0.5, 0.6) is 5.75 Å². The van der Waals surface area contributed by atoms with Crippen molar-refractivity contribution in [3.63, 3.8) is 0 Å². The highest BCUT2D eigenvalue weighted by Gasteiger charge is 2.15. The summed E-state index contributed by atoms with van der Waals surface area (Å²) in [6.07, 6.45) is 0. The van der Waals surface area contributed by atoms with Gasteiger partial charge in [0.25, 0.3) is 0 Å². The molecule has 0 unspecified atom stereocenters. The van der Waals surface area contributed by atoms with Gasteiger partial charge < -0.3 is 9.84 Å². The Bertz CT molecular complexity index is 407. The van der Waals surface area contributed by atoms with Crippen LogP contribution in [0.25, 0.3) is 0 Å². The molecular formula is C10H9BrF2O3. The van der Waals surface area contributed by atoms with Crippen molar-refractivity contribution in [1.82, 2.24) is 0 Å². The fourth-order valence-corrected chi connectivity index (χ4v) is 1.73. The standard InChI is InChI=1S/C10H9BrF2O3/c1-5-2-7(9(14)15)6(4-11)3-8(5)16-10(12)13/h2-3,10H,4H2,1H3,(H,14,15). The van der Waals surface area contributed by atoms with E-state index in [0.717, 1.165) is 0 Å². The first-order valence-electron chi connectivity index (χ1n) is 4.33.